The van der Waals surface area contributed by atoms with Gasteiger partial charge in [-0.15, -0.1) is 11.8 Å². The number of sulfonamides is 1. The van der Waals surface area contributed by atoms with Crippen molar-refractivity contribution in [2.75, 3.05) is 30.3 Å². The number of hydrogen-bond donors (Lipinski definition) is 2. The Morgan fingerprint density at radius 2 is 1.97 bits per heavy atom. The summed E-state index contributed by atoms with van der Waals surface area (Å²) in [6.07, 6.45) is 2.77. The number of rotatable bonds is 11. The average molecular weight is 506 g/mol. The predicted molar refractivity (Wildman–Crippen MR) is 121 cm³/mol. The van der Waals surface area contributed by atoms with Crippen molar-refractivity contribution >= 4 is 37.5 Å². The summed E-state index contributed by atoms with van der Waals surface area (Å²) in [5.41, 5.74) is 0. The van der Waals surface area contributed by atoms with Crippen molar-refractivity contribution < 1.29 is 26.0 Å². The van der Waals surface area contributed by atoms with E-state index in [9.17, 15) is 26.0 Å². The van der Waals surface area contributed by atoms with Crippen LogP contribution in [0.5, 0.6) is 0 Å². The summed E-state index contributed by atoms with van der Waals surface area (Å²) in [5.74, 6) is -1.90. The summed E-state index contributed by atoms with van der Waals surface area (Å²) in [6.45, 7) is 1.53. The van der Waals surface area contributed by atoms with E-state index in [1.165, 1.54) is 19.1 Å². The van der Waals surface area contributed by atoms with E-state index in [0.29, 0.717) is 18.6 Å². The largest absolute Gasteiger partial charge is 0.343 e. The van der Waals surface area contributed by atoms with Gasteiger partial charge in [0.25, 0.3) is 0 Å². The van der Waals surface area contributed by atoms with Gasteiger partial charge in [-0.25, -0.2) is 25.9 Å². The molecule has 0 aliphatic heterocycles. The fourth-order valence-electron chi connectivity index (χ4n) is 3.64. The standard InChI is InChI=1S/C20H28FN3O5S3/c1-2-32(28,29)24-11-12-30-19-8-7-16(13-18(19)21)31(26,27)14-15-5-3-4-6-17(15)20(25)23-10-9-22/h7-8,13,15,17,24H,2-6,10-12,14H2,1H3,(H,23,25). The molecule has 2 atom stereocenters. The first-order chi connectivity index (χ1) is 15.1. The fourth-order valence-corrected chi connectivity index (χ4v) is 6.89. The van der Waals surface area contributed by atoms with Gasteiger partial charge in [0.2, 0.25) is 15.9 Å². The minimum absolute atomic E-state index is 0.0413. The number of carbonyl (C=O) groups is 1. The van der Waals surface area contributed by atoms with Gasteiger partial charge in [0.1, 0.15) is 12.4 Å². The Balaban J connectivity index is 2.04. The molecule has 12 heteroatoms. The second kappa shape index (κ2) is 12.0. The molecule has 1 saturated carbocycles. The third-order valence-electron chi connectivity index (χ3n) is 5.35. The molecule has 32 heavy (non-hydrogen) atoms. The van der Waals surface area contributed by atoms with Gasteiger partial charge in [-0.05, 0) is 43.9 Å². The number of nitriles is 1. The molecule has 1 aromatic rings. The number of nitrogens with one attached hydrogen (secondary N) is 2. The Morgan fingerprint density at radius 3 is 2.62 bits per heavy atom. The molecule has 1 fully saturated rings. The van der Waals surface area contributed by atoms with E-state index in [0.717, 1.165) is 30.7 Å². The van der Waals surface area contributed by atoms with Crippen molar-refractivity contribution in [3.63, 3.8) is 0 Å². The number of hydrogen-bond acceptors (Lipinski definition) is 7. The highest BCUT2D eigenvalue weighted by molar-refractivity contribution is 7.99. The van der Waals surface area contributed by atoms with Gasteiger partial charge in [0, 0.05) is 23.1 Å². The van der Waals surface area contributed by atoms with Gasteiger partial charge in [-0.1, -0.05) is 12.8 Å². The van der Waals surface area contributed by atoms with Crippen molar-refractivity contribution in [2.24, 2.45) is 11.8 Å². The van der Waals surface area contributed by atoms with E-state index in [-0.39, 0.29) is 40.3 Å². The maximum Gasteiger partial charge on any atom is 0.224 e. The van der Waals surface area contributed by atoms with Gasteiger partial charge in [0.15, 0.2) is 9.84 Å². The molecule has 0 spiro atoms. The van der Waals surface area contributed by atoms with Crippen LogP contribution in [-0.2, 0) is 24.7 Å². The number of benzene rings is 1. The van der Waals surface area contributed by atoms with E-state index in [4.69, 9.17) is 5.26 Å². The minimum atomic E-state index is -3.82. The molecule has 1 aromatic carbocycles. The SMILES string of the molecule is CCS(=O)(=O)NCCSc1ccc(S(=O)(=O)CC2CCCCC2C(=O)NCC#N)cc1F. The van der Waals surface area contributed by atoms with Gasteiger partial charge < -0.3 is 5.32 Å². The van der Waals surface area contributed by atoms with Crippen molar-refractivity contribution in [1.29, 1.82) is 5.26 Å². The first-order valence-electron chi connectivity index (χ1n) is 10.4. The van der Waals surface area contributed by atoms with Crippen LogP contribution in [0.3, 0.4) is 0 Å². The van der Waals surface area contributed by atoms with Crippen LogP contribution in [0.2, 0.25) is 0 Å². The molecule has 8 nitrogen and oxygen atoms in total. The number of sulfone groups is 1. The molecular weight excluding hydrogens is 477 g/mol. The summed E-state index contributed by atoms with van der Waals surface area (Å²) in [7, 11) is -7.14. The number of halogens is 1. The van der Waals surface area contributed by atoms with Crippen LogP contribution in [0, 0.1) is 29.0 Å². The predicted octanol–water partition coefficient (Wildman–Crippen LogP) is 2.08. The number of carbonyl (C=O) groups excluding carboxylic acids is 1. The summed E-state index contributed by atoms with van der Waals surface area (Å²) >= 11 is 1.09. The lowest BCUT2D eigenvalue weighted by Crippen LogP contribution is -2.39. The molecule has 2 unspecified atom stereocenters. The second-order valence-corrected chi connectivity index (χ2v) is 12.8. The Hall–Kier alpha value is -1.68. The molecule has 0 bridgehead atoms. The summed E-state index contributed by atoms with van der Waals surface area (Å²) in [4.78, 5) is 12.4. The topological polar surface area (TPSA) is 133 Å². The third-order valence-corrected chi connectivity index (χ3v) is 9.64. The van der Waals surface area contributed by atoms with Crippen molar-refractivity contribution in [2.45, 2.75) is 42.4 Å². The third kappa shape index (κ3) is 7.72. The zero-order chi connectivity index (χ0) is 23.8. The maximum absolute atomic E-state index is 14.5. The van der Waals surface area contributed by atoms with Crippen LogP contribution >= 0.6 is 11.8 Å². The van der Waals surface area contributed by atoms with Gasteiger partial charge >= 0.3 is 0 Å². The van der Waals surface area contributed by atoms with E-state index in [1.807, 2.05) is 6.07 Å². The van der Waals surface area contributed by atoms with Crippen LogP contribution in [-0.4, -0.2) is 53.1 Å². The Bertz CT molecular complexity index is 1050. The molecule has 0 heterocycles. The lowest BCUT2D eigenvalue weighted by Gasteiger charge is -2.30. The molecule has 0 radical (unpaired) electrons. The van der Waals surface area contributed by atoms with Crippen LogP contribution in [0.4, 0.5) is 4.39 Å². The summed E-state index contributed by atoms with van der Waals surface area (Å²) < 4.78 is 65.6. The molecule has 2 N–H and O–H groups in total. The van der Waals surface area contributed by atoms with Crippen LogP contribution in [0.1, 0.15) is 32.6 Å². The van der Waals surface area contributed by atoms with Gasteiger partial charge in [-0.3, -0.25) is 4.79 Å². The Morgan fingerprint density at radius 1 is 1.25 bits per heavy atom. The molecule has 0 saturated heterocycles. The average Bonchev–Trinajstić information content (AvgIpc) is 2.76. The Kier molecular flexibility index (Phi) is 9.94. The van der Waals surface area contributed by atoms with Gasteiger partial charge in [0.05, 0.1) is 22.5 Å². The highest BCUT2D eigenvalue weighted by Crippen LogP contribution is 2.33. The molecule has 178 valence electrons. The number of nitrogens with zero attached hydrogens (tertiary/aromatic N) is 1. The van der Waals surface area contributed by atoms with E-state index >= 15 is 0 Å². The molecule has 1 aliphatic carbocycles. The lowest BCUT2D eigenvalue weighted by molar-refractivity contribution is -0.127. The lowest BCUT2D eigenvalue weighted by atomic mass is 9.80. The maximum atomic E-state index is 14.5. The second-order valence-electron chi connectivity index (χ2n) is 7.55. The van der Waals surface area contributed by atoms with E-state index in [2.05, 4.69) is 10.0 Å². The van der Waals surface area contributed by atoms with Crippen molar-refractivity contribution in [3.8, 4) is 6.07 Å². The van der Waals surface area contributed by atoms with E-state index in [1.54, 1.807) is 0 Å². The molecular formula is C20H28FN3O5S3. The first-order valence-corrected chi connectivity index (χ1v) is 14.7. The van der Waals surface area contributed by atoms with Crippen molar-refractivity contribution in [3.05, 3.63) is 24.0 Å². The van der Waals surface area contributed by atoms with Crippen LogP contribution in [0.25, 0.3) is 0 Å². The Labute approximate surface area is 193 Å². The smallest absolute Gasteiger partial charge is 0.224 e. The molecule has 0 aromatic heterocycles. The van der Waals surface area contributed by atoms with Crippen molar-refractivity contribution in [1.82, 2.24) is 10.0 Å². The van der Waals surface area contributed by atoms with Crippen LogP contribution in [0.15, 0.2) is 28.0 Å². The zero-order valence-electron chi connectivity index (χ0n) is 17.8. The van der Waals surface area contributed by atoms with Crippen LogP contribution < -0.4 is 10.0 Å². The summed E-state index contributed by atoms with van der Waals surface area (Å²) in [5, 5.41) is 11.2. The highest BCUT2D eigenvalue weighted by Gasteiger charge is 2.34. The number of amides is 1. The van der Waals surface area contributed by atoms with E-state index < -0.39 is 37.5 Å². The molecule has 1 amide bonds. The monoisotopic (exact) mass is 505 g/mol. The summed E-state index contributed by atoms with van der Waals surface area (Å²) in [6, 6.07) is 5.52. The minimum Gasteiger partial charge on any atom is -0.343 e. The number of thioether (sulfide) groups is 1. The normalized spacial score (nSPS) is 19.3. The van der Waals surface area contributed by atoms with Gasteiger partial charge in [-0.2, -0.15) is 5.26 Å². The molecule has 2 rings (SSSR count). The molecule has 1 aliphatic rings. The fraction of sp³-hybridized carbons (Fsp3) is 0.600. The highest BCUT2D eigenvalue weighted by atomic mass is 32.2. The zero-order valence-corrected chi connectivity index (χ0v) is 20.3. The quantitative estimate of drug-likeness (QED) is 0.267. The first kappa shape index (κ1) is 26.6.